The van der Waals surface area contributed by atoms with Crippen LogP contribution in [0, 0.1) is 0 Å². The van der Waals surface area contributed by atoms with Crippen molar-refractivity contribution >= 4 is 22.7 Å². The first-order chi connectivity index (χ1) is 10.6. The van der Waals surface area contributed by atoms with Crippen LogP contribution in [0.3, 0.4) is 0 Å². The van der Waals surface area contributed by atoms with Gasteiger partial charge in [0, 0.05) is 13.0 Å². The van der Waals surface area contributed by atoms with Gasteiger partial charge in [-0.2, -0.15) is 0 Å². The summed E-state index contributed by atoms with van der Waals surface area (Å²) in [5.74, 6) is 0.0194. The Morgan fingerprint density at radius 1 is 1.27 bits per heavy atom. The van der Waals surface area contributed by atoms with E-state index >= 15 is 0 Å². The van der Waals surface area contributed by atoms with Gasteiger partial charge in [0.1, 0.15) is 11.3 Å². The van der Waals surface area contributed by atoms with Crippen molar-refractivity contribution < 1.29 is 9.90 Å². The maximum atomic E-state index is 11.1. The van der Waals surface area contributed by atoms with Crippen molar-refractivity contribution in [3.8, 4) is 0 Å². The van der Waals surface area contributed by atoms with Crippen molar-refractivity contribution in [2.45, 2.75) is 19.9 Å². The number of aromatic nitrogens is 2. The van der Waals surface area contributed by atoms with Crippen LogP contribution < -0.4 is 5.73 Å². The predicted molar refractivity (Wildman–Crippen MR) is 86.0 cm³/mol. The first kappa shape index (κ1) is 14.1. The summed E-state index contributed by atoms with van der Waals surface area (Å²) in [5.41, 5.74) is 9.64. The summed E-state index contributed by atoms with van der Waals surface area (Å²) in [6.45, 7) is 2.62. The van der Waals surface area contributed by atoms with Crippen LogP contribution in [0.1, 0.15) is 28.7 Å². The van der Waals surface area contributed by atoms with Gasteiger partial charge in [-0.05, 0) is 29.8 Å². The van der Waals surface area contributed by atoms with Crippen LogP contribution in [0.25, 0.3) is 11.0 Å². The summed E-state index contributed by atoms with van der Waals surface area (Å²) in [7, 11) is 0. The van der Waals surface area contributed by atoms with Gasteiger partial charge >= 0.3 is 5.97 Å². The second-order valence-electron chi connectivity index (χ2n) is 5.19. The molecular formula is C17H17N3O2. The Labute approximate surface area is 128 Å². The van der Waals surface area contributed by atoms with E-state index in [0.29, 0.717) is 17.8 Å². The highest BCUT2D eigenvalue weighted by Gasteiger charge is 2.12. The molecule has 1 aromatic heterocycles. The van der Waals surface area contributed by atoms with Gasteiger partial charge in [-0.3, -0.25) is 0 Å². The molecule has 0 radical (unpaired) electrons. The lowest BCUT2D eigenvalue weighted by Crippen LogP contribution is -2.05. The molecule has 0 saturated heterocycles. The molecular weight excluding hydrogens is 278 g/mol. The summed E-state index contributed by atoms with van der Waals surface area (Å²) in [5, 5.41) is 9.11. The van der Waals surface area contributed by atoms with Gasteiger partial charge in [0.25, 0.3) is 0 Å². The molecule has 5 nitrogen and oxygen atoms in total. The largest absolute Gasteiger partial charge is 0.478 e. The number of para-hydroxylation sites is 1. The number of hydrogen-bond acceptors (Lipinski definition) is 3. The molecule has 1 heterocycles. The van der Waals surface area contributed by atoms with E-state index in [1.807, 2.05) is 31.2 Å². The molecule has 112 valence electrons. The van der Waals surface area contributed by atoms with Crippen molar-refractivity contribution in [2.75, 3.05) is 5.73 Å². The zero-order valence-corrected chi connectivity index (χ0v) is 12.3. The predicted octanol–water partition coefficient (Wildman–Crippen LogP) is 2.93. The molecule has 3 N–H and O–H groups in total. The van der Waals surface area contributed by atoms with Gasteiger partial charge < -0.3 is 15.4 Å². The Bertz CT molecular complexity index is 852. The van der Waals surface area contributed by atoms with Crippen LogP contribution in [-0.2, 0) is 13.0 Å². The van der Waals surface area contributed by atoms with Gasteiger partial charge in [0.15, 0.2) is 0 Å². The number of imidazole rings is 1. The van der Waals surface area contributed by atoms with Crippen LogP contribution in [0.15, 0.2) is 42.5 Å². The van der Waals surface area contributed by atoms with Gasteiger partial charge in [-0.1, -0.05) is 25.1 Å². The minimum absolute atomic E-state index is 0.291. The molecule has 0 spiro atoms. The van der Waals surface area contributed by atoms with Crippen molar-refractivity contribution in [3.63, 3.8) is 0 Å². The van der Waals surface area contributed by atoms with Crippen LogP contribution >= 0.6 is 0 Å². The fraction of sp³-hybridized carbons (Fsp3) is 0.176. The van der Waals surface area contributed by atoms with E-state index in [4.69, 9.17) is 10.8 Å². The lowest BCUT2D eigenvalue weighted by atomic mass is 10.1. The van der Waals surface area contributed by atoms with Crippen molar-refractivity contribution in [2.24, 2.45) is 0 Å². The zero-order chi connectivity index (χ0) is 15.7. The van der Waals surface area contributed by atoms with E-state index in [2.05, 4.69) is 9.55 Å². The number of aryl methyl sites for hydroxylation is 1. The molecule has 0 unspecified atom stereocenters. The number of carboxylic acids is 1. The third kappa shape index (κ3) is 2.41. The molecule has 2 aromatic carbocycles. The van der Waals surface area contributed by atoms with Crippen LogP contribution in [-0.4, -0.2) is 20.6 Å². The molecule has 0 fully saturated rings. The van der Waals surface area contributed by atoms with E-state index in [1.54, 1.807) is 18.2 Å². The molecule has 0 aliphatic heterocycles. The minimum Gasteiger partial charge on any atom is -0.478 e. The third-order valence-electron chi connectivity index (χ3n) is 3.72. The highest BCUT2D eigenvalue weighted by molar-refractivity contribution is 5.88. The molecule has 0 aliphatic carbocycles. The smallest absolute Gasteiger partial charge is 0.335 e. The third-order valence-corrected chi connectivity index (χ3v) is 3.72. The monoisotopic (exact) mass is 295 g/mol. The average molecular weight is 295 g/mol. The SMILES string of the molecule is CCc1nc2c(N)cccc2n1Cc1cccc(C(=O)O)c1. The van der Waals surface area contributed by atoms with Gasteiger partial charge in [0.2, 0.25) is 0 Å². The molecule has 0 atom stereocenters. The summed E-state index contributed by atoms with van der Waals surface area (Å²) < 4.78 is 2.09. The number of aromatic carboxylic acids is 1. The molecule has 0 amide bonds. The van der Waals surface area contributed by atoms with Gasteiger partial charge in [0.05, 0.1) is 16.8 Å². The Hall–Kier alpha value is -2.82. The summed E-state index contributed by atoms with van der Waals surface area (Å²) >= 11 is 0. The number of hydrogen-bond donors (Lipinski definition) is 2. The molecule has 22 heavy (non-hydrogen) atoms. The molecule has 3 rings (SSSR count). The first-order valence-electron chi connectivity index (χ1n) is 7.16. The minimum atomic E-state index is -0.919. The highest BCUT2D eigenvalue weighted by atomic mass is 16.4. The number of rotatable bonds is 4. The number of nitrogen functional groups attached to an aromatic ring is 1. The zero-order valence-electron chi connectivity index (χ0n) is 12.3. The second kappa shape index (κ2) is 5.52. The summed E-state index contributed by atoms with van der Waals surface area (Å²) in [6.07, 6.45) is 0.784. The Kier molecular flexibility index (Phi) is 3.55. The van der Waals surface area contributed by atoms with Crippen molar-refractivity contribution in [3.05, 3.63) is 59.4 Å². The molecule has 0 bridgehead atoms. The quantitative estimate of drug-likeness (QED) is 0.725. The van der Waals surface area contributed by atoms with Gasteiger partial charge in [-0.15, -0.1) is 0 Å². The number of carbonyl (C=O) groups is 1. The van der Waals surface area contributed by atoms with Crippen LogP contribution in [0.5, 0.6) is 0 Å². The number of nitrogens with two attached hydrogens (primary N) is 1. The number of benzene rings is 2. The molecule has 3 aromatic rings. The van der Waals surface area contributed by atoms with E-state index in [0.717, 1.165) is 28.8 Å². The number of fused-ring (bicyclic) bond motifs is 1. The fourth-order valence-corrected chi connectivity index (χ4v) is 2.65. The summed E-state index contributed by atoms with van der Waals surface area (Å²) in [6, 6.07) is 12.7. The van der Waals surface area contributed by atoms with E-state index < -0.39 is 5.97 Å². The topological polar surface area (TPSA) is 81.1 Å². The maximum absolute atomic E-state index is 11.1. The second-order valence-corrected chi connectivity index (χ2v) is 5.19. The highest BCUT2D eigenvalue weighted by Crippen LogP contribution is 2.23. The van der Waals surface area contributed by atoms with Crippen LogP contribution in [0.4, 0.5) is 5.69 Å². The Balaban J connectivity index is 2.08. The lowest BCUT2D eigenvalue weighted by Gasteiger charge is -2.09. The molecule has 0 aliphatic rings. The van der Waals surface area contributed by atoms with Gasteiger partial charge in [-0.25, -0.2) is 9.78 Å². The number of carboxylic acid groups (broad SMARTS) is 1. The lowest BCUT2D eigenvalue weighted by molar-refractivity contribution is 0.0696. The van der Waals surface area contributed by atoms with E-state index in [-0.39, 0.29) is 0 Å². The van der Waals surface area contributed by atoms with Crippen molar-refractivity contribution in [1.82, 2.24) is 9.55 Å². The standard InChI is InChI=1S/C17H17N3O2/c1-2-15-19-16-13(18)7-4-8-14(16)20(15)10-11-5-3-6-12(9-11)17(21)22/h3-9H,2,10,18H2,1H3,(H,21,22). The average Bonchev–Trinajstić information content (AvgIpc) is 2.87. The maximum Gasteiger partial charge on any atom is 0.335 e. The van der Waals surface area contributed by atoms with E-state index in [1.165, 1.54) is 0 Å². The first-order valence-corrected chi connectivity index (χ1v) is 7.16. The number of nitrogens with zero attached hydrogens (tertiary/aromatic N) is 2. The Morgan fingerprint density at radius 2 is 2.05 bits per heavy atom. The summed E-state index contributed by atoms with van der Waals surface area (Å²) in [4.78, 5) is 15.7. The normalized spacial score (nSPS) is 11.0. The molecule has 0 saturated carbocycles. The Morgan fingerprint density at radius 3 is 2.77 bits per heavy atom. The number of anilines is 1. The van der Waals surface area contributed by atoms with Crippen LogP contribution in [0.2, 0.25) is 0 Å². The fourth-order valence-electron chi connectivity index (χ4n) is 2.65. The van der Waals surface area contributed by atoms with Crippen molar-refractivity contribution in [1.29, 1.82) is 0 Å². The van der Waals surface area contributed by atoms with E-state index in [9.17, 15) is 4.79 Å². The molecule has 5 heteroatoms.